The first-order valence-electron chi connectivity index (χ1n) is 7.96. The van der Waals surface area contributed by atoms with Crippen molar-refractivity contribution in [1.29, 1.82) is 0 Å². The summed E-state index contributed by atoms with van der Waals surface area (Å²) in [5.74, 6) is 0. The topological polar surface area (TPSA) is 41.3 Å². The molecule has 0 spiro atoms. The average molecular weight is 257 g/mol. The molecule has 110 valence electrons. The number of unbranched alkanes of at least 4 members (excludes halogenated alkanes) is 5. The molecular formula is C15H35N3. The average Bonchev–Trinajstić information content (AvgIpc) is 2.38. The lowest BCUT2D eigenvalue weighted by atomic mass is 10.1. The highest BCUT2D eigenvalue weighted by Crippen LogP contribution is 2.11. The second kappa shape index (κ2) is 13.3. The van der Waals surface area contributed by atoms with E-state index in [0.29, 0.717) is 6.04 Å². The third-order valence-electron chi connectivity index (χ3n) is 3.54. The van der Waals surface area contributed by atoms with E-state index in [1.165, 1.54) is 44.9 Å². The van der Waals surface area contributed by atoms with Crippen LogP contribution in [-0.2, 0) is 0 Å². The van der Waals surface area contributed by atoms with Crippen molar-refractivity contribution in [2.75, 3.05) is 19.6 Å². The molecule has 0 amide bonds. The second-order valence-electron chi connectivity index (χ2n) is 5.24. The quantitative estimate of drug-likeness (QED) is 0.393. The first-order valence-corrected chi connectivity index (χ1v) is 7.96. The zero-order valence-electron chi connectivity index (χ0n) is 12.9. The van der Waals surface area contributed by atoms with Crippen LogP contribution in [0.5, 0.6) is 0 Å². The molecule has 0 aromatic rings. The molecule has 0 rings (SSSR count). The molecule has 1 atom stereocenters. The van der Waals surface area contributed by atoms with Gasteiger partial charge in [-0.1, -0.05) is 52.4 Å². The molecule has 0 radical (unpaired) electrons. The fourth-order valence-corrected chi connectivity index (χ4v) is 2.28. The Morgan fingerprint density at radius 1 is 1.00 bits per heavy atom. The maximum Gasteiger partial charge on any atom is 0.0215 e. The Labute approximate surface area is 114 Å². The van der Waals surface area contributed by atoms with Crippen LogP contribution >= 0.6 is 0 Å². The van der Waals surface area contributed by atoms with Gasteiger partial charge in [0.15, 0.2) is 0 Å². The predicted octanol–water partition coefficient (Wildman–Crippen LogP) is 3.30. The molecule has 3 heteroatoms. The second-order valence-corrected chi connectivity index (χ2v) is 5.24. The molecule has 0 saturated heterocycles. The van der Waals surface area contributed by atoms with Crippen molar-refractivity contribution in [1.82, 2.24) is 10.4 Å². The van der Waals surface area contributed by atoms with Crippen LogP contribution in [0, 0.1) is 0 Å². The lowest BCUT2D eigenvalue weighted by Crippen LogP contribution is -2.44. The molecule has 0 aromatic heterocycles. The zero-order chi connectivity index (χ0) is 13.6. The Balaban J connectivity index is 3.53. The Morgan fingerprint density at radius 3 is 2.28 bits per heavy atom. The van der Waals surface area contributed by atoms with E-state index in [1.807, 2.05) is 0 Å². The van der Waals surface area contributed by atoms with E-state index in [4.69, 9.17) is 5.73 Å². The minimum absolute atomic E-state index is 0.638. The van der Waals surface area contributed by atoms with Crippen molar-refractivity contribution in [2.45, 2.75) is 78.2 Å². The molecule has 0 bridgehead atoms. The normalized spacial score (nSPS) is 13.2. The van der Waals surface area contributed by atoms with E-state index < -0.39 is 0 Å². The molecule has 18 heavy (non-hydrogen) atoms. The van der Waals surface area contributed by atoms with Crippen molar-refractivity contribution >= 4 is 0 Å². The van der Waals surface area contributed by atoms with Crippen molar-refractivity contribution in [2.24, 2.45) is 5.73 Å². The van der Waals surface area contributed by atoms with Crippen LogP contribution in [-0.4, -0.2) is 30.7 Å². The van der Waals surface area contributed by atoms with Crippen molar-refractivity contribution < 1.29 is 0 Å². The summed E-state index contributed by atoms with van der Waals surface area (Å²) >= 11 is 0. The van der Waals surface area contributed by atoms with E-state index in [1.54, 1.807) is 0 Å². The van der Waals surface area contributed by atoms with E-state index in [2.05, 4.69) is 31.2 Å². The van der Waals surface area contributed by atoms with Gasteiger partial charge in [-0.05, 0) is 26.3 Å². The number of nitrogens with one attached hydrogen (secondary N) is 1. The van der Waals surface area contributed by atoms with Gasteiger partial charge in [0.1, 0.15) is 0 Å². The van der Waals surface area contributed by atoms with Gasteiger partial charge in [0, 0.05) is 19.1 Å². The summed E-state index contributed by atoms with van der Waals surface area (Å²) in [4.78, 5) is 0. The fraction of sp³-hybridized carbons (Fsp3) is 1.00. The summed E-state index contributed by atoms with van der Waals surface area (Å²) in [6.45, 7) is 9.66. The first-order chi connectivity index (χ1) is 8.76. The van der Waals surface area contributed by atoms with Crippen molar-refractivity contribution in [3.63, 3.8) is 0 Å². The molecule has 0 heterocycles. The van der Waals surface area contributed by atoms with Gasteiger partial charge in [0.05, 0.1) is 0 Å². The van der Waals surface area contributed by atoms with Gasteiger partial charge in [0.2, 0.25) is 0 Å². The van der Waals surface area contributed by atoms with Crippen LogP contribution in [0.25, 0.3) is 0 Å². The van der Waals surface area contributed by atoms with Crippen LogP contribution in [0.2, 0.25) is 0 Å². The standard InChI is InChI=1S/C15H35N3/c1-4-6-7-8-9-10-12-15(3)18(5-2)17-14-11-13-16/h15,17H,4-14,16H2,1-3H3. The van der Waals surface area contributed by atoms with Gasteiger partial charge in [-0.2, -0.15) is 0 Å². The van der Waals surface area contributed by atoms with E-state index in [-0.39, 0.29) is 0 Å². The largest absolute Gasteiger partial charge is 0.330 e. The highest BCUT2D eigenvalue weighted by molar-refractivity contribution is 4.63. The molecule has 3 nitrogen and oxygen atoms in total. The Bertz CT molecular complexity index is 162. The number of hydrogen-bond donors (Lipinski definition) is 2. The summed E-state index contributed by atoms with van der Waals surface area (Å²) in [5, 5.41) is 2.36. The Morgan fingerprint density at radius 2 is 1.67 bits per heavy atom. The number of nitrogens with zero attached hydrogens (tertiary/aromatic N) is 1. The molecule has 1 unspecified atom stereocenters. The minimum atomic E-state index is 0.638. The molecule has 0 aliphatic rings. The van der Waals surface area contributed by atoms with Gasteiger partial charge in [-0.3, -0.25) is 5.43 Å². The summed E-state index contributed by atoms with van der Waals surface area (Å²) in [6.07, 6.45) is 10.7. The molecule has 0 aliphatic heterocycles. The van der Waals surface area contributed by atoms with Crippen LogP contribution in [0.15, 0.2) is 0 Å². The smallest absolute Gasteiger partial charge is 0.0215 e. The number of rotatable bonds is 13. The molecule has 0 saturated carbocycles. The number of hydrogen-bond acceptors (Lipinski definition) is 3. The van der Waals surface area contributed by atoms with Gasteiger partial charge in [0.25, 0.3) is 0 Å². The third-order valence-corrected chi connectivity index (χ3v) is 3.54. The van der Waals surface area contributed by atoms with Crippen LogP contribution < -0.4 is 11.2 Å². The van der Waals surface area contributed by atoms with Gasteiger partial charge in [-0.15, -0.1) is 0 Å². The molecule has 0 aliphatic carbocycles. The highest BCUT2D eigenvalue weighted by Gasteiger charge is 2.10. The molecule has 3 N–H and O–H groups in total. The van der Waals surface area contributed by atoms with Crippen molar-refractivity contribution in [3.8, 4) is 0 Å². The fourth-order valence-electron chi connectivity index (χ4n) is 2.28. The molecular weight excluding hydrogens is 222 g/mol. The van der Waals surface area contributed by atoms with Crippen LogP contribution in [0.1, 0.15) is 72.1 Å². The Hall–Kier alpha value is -0.120. The van der Waals surface area contributed by atoms with Gasteiger partial charge < -0.3 is 5.73 Å². The summed E-state index contributed by atoms with van der Waals surface area (Å²) < 4.78 is 0. The first kappa shape index (κ1) is 17.9. The monoisotopic (exact) mass is 257 g/mol. The maximum atomic E-state index is 5.51. The van der Waals surface area contributed by atoms with Crippen LogP contribution in [0.4, 0.5) is 0 Å². The number of hydrazine groups is 1. The zero-order valence-corrected chi connectivity index (χ0v) is 12.9. The predicted molar refractivity (Wildman–Crippen MR) is 81.5 cm³/mol. The number of nitrogens with two attached hydrogens (primary N) is 1. The van der Waals surface area contributed by atoms with Crippen LogP contribution in [0.3, 0.4) is 0 Å². The summed E-state index contributed by atoms with van der Waals surface area (Å²) in [5.41, 5.74) is 9.00. The highest BCUT2D eigenvalue weighted by atomic mass is 15.5. The van der Waals surface area contributed by atoms with Gasteiger partial charge >= 0.3 is 0 Å². The Kier molecular flexibility index (Phi) is 13.2. The summed E-state index contributed by atoms with van der Waals surface area (Å²) in [6, 6.07) is 0.638. The third kappa shape index (κ3) is 9.86. The lowest BCUT2D eigenvalue weighted by molar-refractivity contribution is 0.133. The van der Waals surface area contributed by atoms with E-state index in [9.17, 15) is 0 Å². The van der Waals surface area contributed by atoms with Crippen molar-refractivity contribution in [3.05, 3.63) is 0 Å². The SMILES string of the molecule is CCCCCCCCC(C)N(CC)NCCCN. The molecule has 0 aromatic carbocycles. The minimum Gasteiger partial charge on any atom is -0.330 e. The molecule has 0 fully saturated rings. The van der Waals surface area contributed by atoms with Gasteiger partial charge in [-0.25, -0.2) is 5.01 Å². The maximum absolute atomic E-state index is 5.51. The van der Waals surface area contributed by atoms with E-state index >= 15 is 0 Å². The van der Waals surface area contributed by atoms with E-state index in [0.717, 1.165) is 26.1 Å². The lowest BCUT2D eigenvalue weighted by Gasteiger charge is -2.28. The summed E-state index contributed by atoms with van der Waals surface area (Å²) in [7, 11) is 0.